The number of carbonyl (C=O) groups is 1. The molecule has 0 heterocycles. The zero-order valence-corrected chi connectivity index (χ0v) is 12.1. The molecule has 0 saturated heterocycles. The van der Waals surface area contributed by atoms with Crippen LogP contribution in [0, 0.1) is 6.92 Å². The lowest BCUT2D eigenvalue weighted by Gasteiger charge is -2.10. The summed E-state index contributed by atoms with van der Waals surface area (Å²) in [4.78, 5) is 12.1. The standard InChI is InChI=1S/C14H12Cl2N2O2/c1-7-4-10(16)12(6-9(7)15)18-14(20)8-2-3-11(17)13(19)5-8/h2-6,19H,17H2,1H3,(H,18,20). The lowest BCUT2D eigenvalue weighted by Crippen LogP contribution is -2.12. The van der Waals surface area contributed by atoms with E-state index in [9.17, 15) is 9.90 Å². The minimum atomic E-state index is -0.415. The second-order valence-electron chi connectivity index (χ2n) is 4.31. The van der Waals surface area contributed by atoms with E-state index in [2.05, 4.69) is 5.32 Å². The van der Waals surface area contributed by atoms with Crippen molar-refractivity contribution in [3.05, 3.63) is 51.5 Å². The van der Waals surface area contributed by atoms with Crippen molar-refractivity contribution in [1.82, 2.24) is 0 Å². The van der Waals surface area contributed by atoms with Gasteiger partial charge in [-0.05, 0) is 42.8 Å². The van der Waals surface area contributed by atoms with Crippen LogP contribution in [0.5, 0.6) is 5.75 Å². The number of aromatic hydroxyl groups is 1. The number of carbonyl (C=O) groups excluding carboxylic acids is 1. The maximum atomic E-state index is 12.1. The van der Waals surface area contributed by atoms with E-state index < -0.39 is 5.91 Å². The molecule has 104 valence electrons. The van der Waals surface area contributed by atoms with E-state index in [1.165, 1.54) is 18.2 Å². The fraction of sp³-hybridized carbons (Fsp3) is 0.0714. The summed E-state index contributed by atoms with van der Waals surface area (Å²) in [6.45, 7) is 1.82. The number of anilines is 2. The van der Waals surface area contributed by atoms with Crippen LogP contribution in [-0.4, -0.2) is 11.0 Å². The van der Waals surface area contributed by atoms with Crippen molar-refractivity contribution in [3.8, 4) is 5.75 Å². The van der Waals surface area contributed by atoms with Gasteiger partial charge < -0.3 is 16.2 Å². The highest BCUT2D eigenvalue weighted by Crippen LogP contribution is 2.29. The normalized spacial score (nSPS) is 10.3. The molecule has 2 rings (SSSR count). The lowest BCUT2D eigenvalue weighted by atomic mass is 10.1. The first kappa shape index (κ1) is 14.5. The number of aryl methyl sites for hydroxylation is 1. The smallest absolute Gasteiger partial charge is 0.255 e. The number of nitrogens with two attached hydrogens (primary N) is 1. The van der Waals surface area contributed by atoms with Crippen LogP contribution in [0.15, 0.2) is 30.3 Å². The van der Waals surface area contributed by atoms with Crippen LogP contribution in [-0.2, 0) is 0 Å². The third-order valence-corrected chi connectivity index (χ3v) is 3.51. The van der Waals surface area contributed by atoms with Gasteiger partial charge in [0.25, 0.3) is 5.91 Å². The molecule has 0 atom stereocenters. The number of benzene rings is 2. The molecule has 0 fully saturated rings. The summed E-state index contributed by atoms with van der Waals surface area (Å²) >= 11 is 12.0. The van der Waals surface area contributed by atoms with Crippen molar-refractivity contribution in [2.75, 3.05) is 11.1 Å². The van der Waals surface area contributed by atoms with Crippen LogP contribution in [0.25, 0.3) is 0 Å². The Morgan fingerprint density at radius 2 is 1.90 bits per heavy atom. The summed E-state index contributed by atoms with van der Waals surface area (Å²) < 4.78 is 0. The highest BCUT2D eigenvalue weighted by Gasteiger charge is 2.11. The van der Waals surface area contributed by atoms with Crippen LogP contribution in [0.2, 0.25) is 10.0 Å². The van der Waals surface area contributed by atoms with E-state index in [0.29, 0.717) is 15.7 Å². The van der Waals surface area contributed by atoms with Crippen LogP contribution in [0.1, 0.15) is 15.9 Å². The second kappa shape index (κ2) is 5.61. The molecule has 4 N–H and O–H groups in total. The first-order chi connectivity index (χ1) is 9.38. The molecule has 0 radical (unpaired) electrons. The van der Waals surface area contributed by atoms with E-state index in [-0.39, 0.29) is 17.0 Å². The summed E-state index contributed by atoms with van der Waals surface area (Å²) in [6, 6.07) is 7.49. The Balaban J connectivity index is 2.27. The Bertz CT molecular complexity index is 687. The number of halogens is 2. The van der Waals surface area contributed by atoms with E-state index in [1.807, 2.05) is 6.92 Å². The van der Waals surface area contributed by atoms with Crippen molar-refractivity contribution < 1.29 is 9.90 Å². The molecule has 0 aliphatic heterocycles. The van der Waals surface area contributed by atoms with E-state index in [0.717, 1.165) is 5.56 Å². The van der Waals surface area contributed by atoms with Crippen molar-refractivity contribution in [1.29, 1.82) is 0 Å². The topological polar surface area (TPSA) is 75.4 Å². The molecule has 0 bridgehead atoms. The Kier molecular flexibility index (Phi) is 4.06. The number of rotatable bonds is 2. The van der Waals surface area contributed by atoms with E-state index in [4.69, 9.17) is 28.9 Å². The van der Waals surface area contributed by atoms with Crippen LogP contribution in [0.4, 0.5) is 11.4 Å². The first-order valence-corrected chi connectivity index (χ1v) is 6.49. The van der Waals surface area contributed by atoms with Crippen LogP contribution >= 0.6 is 23.2 Å². The lowest BCUT2D eigenvalue weighted by molar-refractivity contribution is 0.102. The zero-order chi connectivity index (χ0) is 14.9. The summed E-state index contributed by atoms with van der Waals surface area (Å²) in [7, 11) is 0. The highest BCUT2D eigenvalue weighted by molar-refractivity contribution is 6.36. The summed E-state index contributed by atoms with van der Waals surface area (Å²) in [6.07, 6.45) is 0. The molecule has 20 heavy (non-hydrogen) atoms. The number of phenols is 1. The summed E-state index contributed by atoms with van der Waals surface area (Å²) in [5.74, 6) is -0.562. The predicted molar refractivity (Wildman–Crippen MR) is 81.7 cm³/mol. The van der Waals surface area contributed by atoms with Crippen molar-refractivity contribution in [3.63, 3.8) is 0 Å². The molecule has 0 aliphatic rings. The minimum absolute atomic E-state index is 0.148. The van der Waals surface area contributed by atoms with Gasteiger partial charge in [-0.2, -0.15) is 0 Å². The van der Waals surface area contributed by atoms with Gasteiger partial charge in [0.15, 0.2) is 0 Å². The molecule has 2 aromatic rings. The van der Waals surface area contributed by atoms with Gasteiger partial charge in [-0.15, -0.1) is 0 Å². The van der Waals surface area contributed by atoms with Crippen LogP contribution in [0.3, 0.4) is 0 Å². The average Bonchev–Trinajstić information content (AvgIpc) is 2.39. The number of amides is 1. The quantitative estimate of drug-likeness (QED) is 0.582. The fourth-order valence-corrected chi connectivity index (χ4v) is 2.05. The van der Waals surface area contributed by atoms with Crippen LogP contribution < -0.4 is 11.1 Å². The number of hydrogen-bond donors (Lipinski definition) is 3. The predicted octanol–water partition coefficient (Wildman–Crippen LogP) is 3.84. The number of hydrogen-bond acceptors (Lipinski definition) is 3. The average molecular weight is 311 g/mol. The zero-order valence-electron chi connectivity index (χ0n) is 10.6. The maximum absolute atomic E-state index is 12.1. The molecule has 0 saturated carbocycles. The Morgan fingerprint density at radius 1 is 1.20 bits per heavy atom. The second-order valence-corrected chi connectivity index (χ2v) is 5.12. The third kappa shape index (κ3) is 2.98. The minimum Gasteiger partial charge on any atom is -0.506 e. The van der Waals surface area contributed by atoms with Crippen molar-refractivity contribution in [2.45, 2.75) is 6.92 Å². The monoisotopic (exact) mass is 310 g/mol. The molecule has 0 spiro atoms. The van der Waals surface area contributed by atoms with Crippen molar-refractivity contribution in [2.24, 2.45) is 0 Å². The highest BCUT2D eigenvalue weighted by atomic mass is 35.5. The molecular weight excluding hydrogens is 299 g/mol. The first-order valence-electron chi connectivity index (χ1n) is 5.74. The summed E-state index contributed by atoms with van der Waals surface area (Å²) in [5, 5.41) is 13.0. The molecule has 4 nitrogen and oxygen atoms in total. The van der Waals surface area contributed by atoms with Gasteiger partial charge in [0.2, 0.25) is 0 Å². The Labute approximate surface area is 126 Å². The van der Waals surface area contributed by atoms with E-state index in [1.54, 1.807) is 12.1 Å². The third-order valence-electron chi connectivity index (χ3n) is 2.79. The largest absolute Gasteiger partial charge is 0.506 e. The number of phenolic OH excluding ortho intramolecular Hbond substituents is 1. The van der Waals surface area contributed by atoms with Gasteiger partial charge in [0.05, 0.1) is 16.4 Å². The maximum Gasteiger partial charge on any atom is 0.255 e. The molecule has 6 heteroatoms. The fourth-order valence-electron chi connectivity index (χ4n) is 1.62. The number of nitrogens with one attached hydrogen (secondary N) is 1. The molecule has 0 unspecified atom stereocenters. The van der Waals surface area contributed by atoms with E-state index >= 15 is 0 Å². The number of nitrogen functional groups attached to an aromatic ring is 1. The summed E-state index contributed by atoms with van der Waals surface area (Å²) in [5.41, 5.74) is 7.18. The van der Waals surface area contributed by atoms with Gasteiger partial charge in [-0.25, -0.2) is 0 Å². The molecule has 2 aromatic carbocycles. The molecule has 1 amide bonds. The molecule has 0 aliphatic carbocycles. The van der Waals surface area contributed by atoms with Gasteiger partial charge >= 0.3 is 0 Å². The van der Waals surface area contributed by atoms with Gasteiger partial charge in [-0.1, -0.05) is 23.2 Å². The van der Waals surface area contributed by atoms with Crippen molar-refractivity contribution >= 4 is 40.5 Å². The van der Waals surface area contributed by atoms with Gasteiger partial charge in [0, 0.05) is 10.6 Å². The van der Waals surface area contributed by atoms with Gasteiger partial charge in [0.1, 0.15) is 5.75 Å². The molecule has 0 aromatic heterocycles. The Hall–Kier alpha value is -1.91. The Morgan fingerprint density at radius 3 is 2.55 bits per heavy atom. The van der Waals surface area contributed by atoms with Gasteiger partial charge in [-0.3, -0.25) is 4.79 Å². The molecular formula is C14H12Cl2N2O2. The SMILES string of the molecule is Cc1cc(Cl)c(NC(=O)c2ccc(N)c(O)c2)cc1Cl.